The van der Waals surface area contributed by atoms with Gasteiger partial charge in [-0.25, -0.2) is 4.39 Å². The predicted molar refractivity (Wildman–Crippen MR) is 86.1 cm³/mol. The molecule has 0 aliphatic rings. The summed E-state index contributed by atoms with van der Waals surface area (Å²) in [6.45, 7) is 0.515. The van der Waals surface area contributed by atoms with Crippen LogP contribution in [0.3, 0.4) is 0 Å². The summed E-state index contributed by atoms with van der Waals surface area (Å²) in [7, 11) is 1.75. The van der Waals surface area contributed by atoms with E-state index in [0.717, 1.165) is 10.9 Å². The second kappa shape index (κ2) is 5.98. The molecule has 3 rings (SSSR count). The summed E-state index contributed by atoms with van der Waals surface area (Å²) in [6, 6.07) is 19.9. The minimum absolute atomic E-state index is 0.117. The van der Waals surface area contributed by atoms with Crippen LogP contribution in [0.15, 0.2) is 66.7 Å². The number of carbonyl (C=O) groups is 1. The quantitative estimate of drug-likeness (QED) is 0.707. The molecule has 0 atom stereocenters. The summed E-state index contributed by atoms with van der Waals surface area (Å²) in [4.78, 5) is 14.0. The standard InChI is InChI=1S/C19H16FNO/c1-21(19(22)16-8-10-18(20)11-9-16)13-14-6-7-15-4-2-3-5-17(15)12-14/h2-12H,13H2,1H3. The van der Waals surface area contributed by atoms with Gasteiger partial charge in [0.25, 0.3) is 5.91 Å². The number of hydrogen-bond acceptors (Lipinski definition) is 1. The number of carbonyl (C=O) groups excluding carboxylic acids is 1. The molecule has 0 radical (unpaired) electrons. The summed E-state index contributed by atoms with van der Waals surface area (Å²) >= 11 is 0. The second-order valence-corrected chi connectivity index (χ2v) is 5.35. The van der Waals surface area contributed by atoms with Crippen LogP contribution in [0.4, 0.5) is 4.39 Å². The highest BCUT2D eigenvalue weighted by Crippen LogP contribution is 2.17. The van der Waals surface area contributed by atoms with Crippen molar-refractivity contribution in [2.75, 3.05) is 7.05 Å². The highest BCUT2D eigenvalue weighted by Gasteiger charge is 2.12. The Labute approximate surface area is 128 Å². The molecule has 3 heteroatoms. The highest BCUT2D eigenvalue weighted by atomic mass is 19.1. The van der Waals surface area contributed by atoms with E-state index < -0.39 is 0 Å². The molecule has 0 fully saturated rings. The lowest BCUT2D eigenvalue weighted by molar-refractivity contribution is 0.0785. The van der Waals surface area contributed by atoms with Crippen LogP contribution in [0.2, 0.25) is 0 Å². The Balaban J connectivity index is 1.78. The minimum Gasteiger partial charge on any atom is -0.337 e. The first-order chi connectivity index (χ1) is 10.6. The molecule has 0 saturated carbocycles. The van der Waals surface area contributed by atoms with Crippen LogP contribution in [0, 0.1) is 5.82 Å². The topological polar surface area (TPSA) is 20.3 Å². The largest absolute Gasteiger partial charge is 0.337 e. The van der Waals surface area contributed by atoms with Crippen molar-refractivity contribution in [1.82, 2.24) is 4.90 Å². The maximum atomic E-state index is 12.9. The Kier molecular flexibility index (Phi) is 3.88. The first-order valence-corrected chi connectivity index (χ1v) is 7.12. The zero-order chi connectivity index (χ0) is 15.5. The Morgan fingerprint density at radius 3 is 2.36 bits per heavy atom. The van der Waals surface area contributed by atoms with E-state index in [1.807, 2.05) is 18.2 Å². The van der Waals surface area contributed by atoms with Crippen molar-refractivity contribution < 1.29 is 9.18 Å². The molecule has 0 aliphatic heterocycles. The van der Waals surface area contributed by atoms with E-state index in [4.69, 9.17) is 0 Å². The van der Waals surface area contributed by atoms with Crippen LogP contribution in [0.25, 0.3) is 10.8 Å². The molecule has 3 aromatic rings. The van der Waals surface area contributed by atoms with E-state index in [9.17, 15) is 9.18 Å². The van der Waals surface area contributed by atoms with Crippen molar-refractivity contribution in [2.45, 2.75) is 6.54 Å². The molecular formula is C19H16FNO. The van der Waals surface area contributed by atoms with Gasteiger partial charge >= 0.3 is 0 Å². The average Bonchev–Trinajstić information content (AvgIpc) is 2.55. The first-order valence-electron chi connectivity index (χ1n) is 7.12. The molecular weight excluding hydrogens is 277 g/mol. The fraction of sp³-hybridized carbons (Fsp3) is 0.105. The molecule has 0 saturated heterocycles. The molecule has 0 heterocycles. The summed E-state index contributed by atoms with van der Waals surface area (Å²) in [5.41, 5.74) is 1.56. The van der Waals surface area contributed by atoms with Crippen molar-refractivity contribution in [2.24, 2.45) is 0 Å². The van der Waals surface area contributed by atoms with Crippen LogP contribution in [0.5, 0.6) is 0 Å². The zero-order valence-corrected chi connectivity index (χ0v) is 12.3. The molecule has 110 valence electrons. The number of nitrogens with zero attached hydrogens (tertiary/aromatic N) is 1. The summed E-state index contributed by atoms with van der Waals surface area (Å²) in [5, 5.41) is 2.33. The van der Waals surface area contributed by atoms with E-state index >= 15 is 0 Å². The van der Waals surface area contributed by atoms with Gasteiger partial charge in [0.15, 0.2) is 0 Å². The van der Waals surface area contributed by atoms with Crippen molar-refractivity contribution in [3.8, 4) is 0 Å². The number of halogens is 1. The van der Waals surface area contributed by atoms with Crippen LogP contribution < -0.4 is 0 Å². The van der Waals surface area contributed by atoms with Crippen LogP contribution in [-0.2, 0) is 6.54 Å². The molecule has 0 spiro atoms. The number of rotatable bonds is 3. The summed E-state index contributed by atoms with van der Waals surface area (Å²) in [6.07, 6.45) is 0. The van der Waals surface area contributed by atoms with Gasteiger partial charge in [-0.05, 0) is 46.7 Å². The Morgan fingerprint density at radius 2 is 1.64 bits per heavy atom. The fourth-order valence-electron chi connectivity index (χ4n) is 2.50. The summed E-state index contributed by atoms with van der Waals surface area (Å²) in [5.74, 6) is -0.457. The lowest BCUT2D eigenvalue weighted by Crippen LogP contribution is -2.26. The maximum absolute atomic E-state index is 12.9. The van der Waals surface area contributed by atoms with Gasteiger partial charge < -0.3 is 4.90 Å². The predicted octanol–water partition coefficient (Wildman–Crippen LogP) is 4.25. The van der Waals surface area contributed by atoms with Gasteiger partial charge in [0.2, 0.25) is 0 Å². The lowest BCUT2D eigenvalue weighted by Gasteiger charge is -2.17. The number of hydrogen-bond donors (Lipinski definition) is 0. The molecule has 1 amide bonds. The maximum Gasteiger partial charge on any atom is 0.253 e. The van der Waals surface area contributed by atoms with E-state index in [1.165, 1.54) is 29.7 Å². The van der Waals surface area contributed by atoms with Crippen LogP contribution >= 0.6 is 0 Å². The normalized spacial score (nSPS) is 10.6. The zero-order valence-electron chi connectivity index (χ0n) is 12.3. The number of fused-ring (bicyclic) bond motifs is 1. The van der Waals surface area contributed by atoms with E-state index in [-0.39, 0.29) is 11.7 Å². The van der Waals surface area contributed by atoms with Gasteiger partial charge in [-0.2, -0.15) is 0 Å². The summed E-state index contributed by atoms with van der Waals surface area (Å²) < 4.78 is 12.9. The van der Waals surface area contributed by atoms with Gasteiger partial charge in [0.05, 0.1) is 0 Å². The van der Waals surface area contributed by atoms with E-state index in [1.54, 1.807) is 11.9 Å². The SMILES string of the molecule is CN(Cc1ccc2ccccc2c1)C(=O)c1ccc(F)cc1. The van der Waals surface area contributed by atoms with Crippen molar-refractivity contribution in [3.05, 3.63) is 83.7 Å². The molecule has 0 unspecified atom stereocenters. The number of amides is 1. The van der Waals surface area contributed by atoms with Gasteiger partial charge in [-0.15, -0.1) is 0 Å². The van der Waals surface area contributed by atoms with Crippen molar-refractivity contribution >= 4 is 16.7 Å². The molecule has 2 nitrogen and oxygen atoms in total. The Morgan fingerprint density at radius 1 is 0.955 bits per heavy atom. The lowest BCUT2D eigenvalue weighted by atomic mass is 10.1. The fourth-order valence-corrected chi connectivity index (χ4v) is 2.50. The van der Waals surface area contributed by atoms with E-state index in [0.29, 0.717) is 12.1 Å². The van der Waals surface area contributed by atoms with Gasteiger partial charge in [0, 0.05) is 19.2 Å². The van der Waals surface area contributed by atoms with E-state index in [2.05, 4.69) is 24.3 Å². The second-order valence-electron chi connectivity index (χ2n) is 5.35. The van der Waals surface area contributed by atoms with Gasteiger partial charge in [-0.3, -0.25) is 4.79 Å². The first kappa shape index (κ1) is 14.3. The third-order valence-electron chi connectivity index (χ3n) is 3.67. The smallest absolute Gasteiger partial charge is 0.253 e. The van der Waals surface area contributed by atoms with Crippen LogP contribution in [-0.4, -0.2) is 17.9 Å². The molecule has 22 heavy (non-hydrogen) atoms. The molecule has 3 aromatic carbocycles. The third-order valence-corrected chi connectivity index (χ3v) is 3.67. The number of benzene rings is 3. The Bertz CT molecular complexity index is 811. The van der Waals surface area contributed by atoms with Crippen molar-refractivity contribution in [1.29, 1.82) is 0 Å². The minimum atomic E-state index is -0.339. The molecule has 0 bridgehead atoms. The third kappa shape index (κ3) is 2.98. The van der Waals surface area contributed by atoms with Crippen LogP contribution in [0.1, 0.15) is 15.9 Å². The molecule has 0 aromatic heterocycles. The monoisotopic (exact) mass is 293 g/mol. The average molecular weight is 293 g/mol. The molecule has 0 N–H and O–H groups in total. The van der Waals surface area contributed by atoms with Crippen molar-refractivity contribution in [3.63, 3.8) is 0 Å². The Hall–Kier alpha value is -2.68. The van der Waals surface area contributed by atoms with Gasteiger partial charge in [0.1, 0.15) is 5.82 Å². The highest BCUT2D eigenvalue weighted by molar-refractivity contribution is 5.94. The van der Waals surface area contributed by atoms with Gasteiger partial charge in [-0.1, -0.05) is 36.4 Å². The molecule has 0 aliphatic carbocycles.